The number of fused-ring (bicyclic) bond motifs is 2. The highest BCUT2D eigenvalue weighted by Gasteiger charge is 2.34. The Kier molecular flexibility index (Phi) is 6.35. The van der Waals surface area contributed by atoms with Crippen LogP contribution in [0, 0.1) is 0 Å². The lowest BCUT2D eigenvalue weighted by atomic mass is 9.87. The van der Waals surface area contributed by atoms with Gasteiger partial charge >= 0.3 is 12.1 Å². The third-order valence-electron chi connectivity index (χ3n) is 7.29. The van der Waals surface area contributed by atoms with E-state index in [1.54, 1.807) is 12.4 Å². The molecule has 12 heteroatoms. The number of carbonyl (C=O) groups excluding carboxylic acids is 1. The first kappa shape index (κ1) is 24.0. The fourth-order valence-corrected chi connectivity index (χ4v) is 5.54. The van der Waals surface area contributed by atoms with Crippen LogP contribution in [0.15, 0.2) is 24.5 Å². The van der Waals surface area contributed by atoms with Crippen molar-refractivity contribution in [3.8, 4) is 11.3 Å². The Labute approximate surface area is 217 Å². The third kappa shape index (κ3) is 4.47. The van der Waals surface area contributed by atoms with Crippen LogP contribution in [0.2, 0.25) is 5.02 Å². The fraction of sp³-hybridized carbons (Fsp3) is 0.440. The van der Waals surface area contributed by atoms with Gasteiger partial charge in [0, 0.05) is 44.5 Å². The molecular weight excluding hydrogens is 500 g/mol. The molecule has 37 heavy (non-hydrogen) atoms. The summed E-state index contributed by atoms with van der Waals surface area (Å²) in [4.78, 5) is 42.7. The standard InChI is InChI=1S/C25H27ClN6O5/c26-19-11-27-23-22(19)29-20(12-28-23)16-9-15-1-2-31(24(33)30-3-6-36-7-4-30)13-18(15)17(10-16)21-14-37-8-5-32(21)25(34)35/h9-12,21H,1-8,13-14H2,(H,27,28)(H,34,35). The number of benzene rings is 1. The number of nitrogens with one attached hydrogen (secondary N) is 1. The minimum absolute atomic E-state index is 0.0163. The third-order valence-corrected chi connectivity index (χ3v) is 7.58. The minimum atomic E-state index is -0.996. The van der Waals surface area contributed by atoms with Crippen LogP contribution in [0.25, 0.3) is 22.4 Å². The van der Waals surface area contributed by atoms with Gasteiger partial charge in [-0.05, 0) is 35.2 Å². The van der Waals surface area contributed by atoms with E-state index in [0.717, 1.165) is 22.3 Å². The molecule has 194 valence electrons. The monoisotopic (exact) mass is 526 g/mol. The molecule has 3 aliphatic heterocycles. The van der Waals surface area contributed by atoms with Gasteiger partial charge < -0.3 is 29.4 Å². The molecule has 3 amide bonds. The number of hydrogen-bond acceptors (Lipinski definition) is 6. The van der Waals surface area contributed by atoms with E-state index in [4.69, 9.17) is 26.1 Å². The Morgan fingerprint density at radius 2 is 1.89 bits per heavy atom. The molecule has 2 saturated heterocycles. The van der Waals surface area contributed by atoms with Crippen LogP contribution in [-0.2, 0) is 22.4 Å². The lowest BCUT2D eigenvalue weighted by Crippen LogP contribution is -2.50. The molecule has 11 nitrogen and oxygen atoms in total. The molecule has 5 heterocycles. The number of H-pyrrole nitrogens is 1. The van der Waals surface area contributed by atoms with Crippen molar-refractivity contribution in [3.05, 3.63) is 46.2 Å². The predicted octanol–water partition coefficient (Wildman–Crippen LogP) is 3.14. The van der Waals surface area contributed by atoms with Gasteiger partial charge in [-0.25, -0.2) is 19.6 Å². The molecule has 2 aromatic heterocycles. The van der Waals surface area contributed by atoms with E-state index in [9.17, 15) is 14.7 Å². The van der Waals surface area contributed by atoms with Crippen molar-refractivity contribution < 1.29 is 24.2 Å². The number of nitrogens with zero attached hydrogens (tertiary/aromatic N) is 5. The van der Waals surface area contributed by atoms with Gasteiger partial charge in [0.25, 0.3) is 0 Å². The molecule has 0 spiro atoms. The van der Waals surface area contributed by atoms with Crippen LogP contribution in [0.1, 0.15) is 22.7 Å². The van der Waals surface area contributed by atoms with Gasteiger partial charge in [-0.2, -0.15) is 0 Å². The van der Waals surface area contributed by atoms with Crippen molar-refractivity contribution in [2.24, 2.45) is 0 Å². The predicted molar refractivity (Wildman–Crippen MR) is 135 cm³/mol. The van der Waals surface area contributed by atoms with Gasteiger partial charge in [-0.15, -0.1) is 0 Å². The van der Waals surface area contributed by atoms with E-state index in [0.29, 0.717) is 74.3 Å². The van der Waals surface area contributed by atoms with Gasteiger partial charge in [0.15, 0.2) is 5.65 Å². The number of urea groups is 1. The number of carbonyl (C=O) groups is 2. The maximum Gasteiger partial charge on any atom is 0.407 e. The van der Waals surface area contributed by atoms with E-state index in [-0.39, 0.29) is 19.2 Å². The number of carboxylic acid groups (broad SMARTS) is 1. The van der Waals surface area contributed by atoms with Crippen molar-refractivity contribution in [2.45, 2.75) is 19.0 Å². The summed E-state index contributed by atoms with van der Waals surface area (Å²) < 4.78 is 11.1. The van der Waals surface area contributed by atoms with Crippen molar-refractivity contribution in [3.63, 3.8) is 0 Å². The van der Waals surface area contributed by atoms with Crippen LogP contribution in [-0.4, -0.2) is 99.5 Å². The Balaban J connectivity index is 1.42. The maximum absolute atomic E-state index is 13.3. The first-order valence-corrected chi connectivity index (χ1v) is 12.7. The SMILES string of the molecule is O=C(N1CCOCC1)N1CCc2cc(-c3cnc4[nH]cc(Cl)c4n3)cc(C3COCCN3C(=O)O)c2C1. The average molecular weight is 527 g/mol. The van der Waals surface area contributed by atoms with Crippen molar-refractivity contribution >= 4 is 34.9 Å². The second-order valence-corrected chi connectivity index (χ2v) is 9.82. The summed E-state index contributed by atoms with van der Waals surface area (Å²) >= 11 is 6.29. The Morgan fingerprint density at radius 1 is 1.08 bits per heavy atom. The number of aromatic nitrogens is 3. The van der Waals surface area contributed by atoms with Gasteiger partial charge in [-0.3, -0.25) is 4.90 Å². The number of halogens is 1. The average Bonchev–Trinajstić information content (AvgIpc) is 3.32. The number of hydrogen-bond donors (Lipinski definition) is 2. The van der Waals surface area contributed by atoms with Crippen molar-refractivity contribution in [2.75, 3.05) is 52.6 Å². The molecule has 1 aromatic carbocycles. The van der Waals surface area contributed by atoms with E-state index in [2.05, 4.69) is 16.0 Å². The van der Waals surface area contributed by atoms with E-state index < -0.39 is 12.1 Å². The molecular formula is C25H27ClN6O5. The van der Waals surface area contributed by atoms with Crippen molar-refractivity contribution in [1.82, 2.24) is 29.7 Å². The summed E-state index contributed by atoms with van der Waals surface area (Å²) in [7, 11) is 0. The second kappa shape index (κ2) is 9.81. The maximum atomic E-state index is 13.3. The molecule has 0 saturated carbocycles. The number of amides is 3. The van der Waals surface area contributed by atoms with Gasteiger partial charge in [0.1, 0.15) is 5.52 Å². The van der Waals surface area contributed by atoms with Gasteiger partial charge in [0.05, 0.1) is 49.4 Å². The minimum Gasteiger partial charge on any atom is -0.465 e. The van der Waals surface area contributed by atoms with Gasteiger partial charge in [-0.1, -0.05) is 11.6 Å². The molecule has 0 bridgehead atoms. The first-order valence-electron chi connectivity index (χ1n) is 12.3. The quantitative estimate of drug-likeness (QED) is 0.525. The molecule has 1 unspecified atom stereocenters. The zero-order valence-electron chi connectivity index (χ0n) is 20.2. The molecule has 2 N–H and O–H groups in total. The Hall–Kier alpha value is -3.41. The van der Waals surface area contributed by atoms with Gasteiger partial charge in [0.2, 0.25) is 0 Å². The molecule has 1 atom stereocenters. The molecule has 3 aliphatic rings. The summed E-state index contributed by atoms with van der Waals surface area (Å²) in [5.41, 5.74) is 5.50. The lowest BCUT2D eigenvalue weighted by Gasteiger charge is -2.39. The number of rotatable bonds is 2. The Bertz CT molecular complexity index is 1360. The highest BCUT2D eigenvalue weighted by molar-refractivity contribution is 6.34. The van der Waals surface area contributed by atoms with E-state index in [1.807, 2.05) is 15.9 Å². The highest BCUT2D eigenvalue weighted by atomic mass is 35.5. The Morgan fingerprint density at radius 3 is 2.70 bits per heavy atom. The largest absolute Gasteiger partial charge is 0.465 e. The molecule has 0 radical (unpaired) electrons. The summed E-state index contributed by atoms with van der Waals surface area (Å²) in [5.74, 6) is 0. The van der Waals surface area contributed by atoms with E-state index >= 15 is 0 Å². The molecule has 3 aromatic rings. The zero-order valence-corrected chi connectivity index (χ0v) is 20.9. The van der Waals surface area contributed by atoms with Crippen LogP contribution >= 0.6 is 11.6 Å². The smallest absolute Gasteiger partial charge is 0.407 e. The highest BCUT2D eigenvalue weighted by Crippen LogP contribution is 2.36. The number of ether oxygens (including phenoxy) is 2. The van der Waals surface area contributed by atoms with E-state index in [1.165, 1.54) is 4.90 Å². The number of morpholine rings is 2. The zero-order chi connectivity index (χ0) is 25.5. The van der Waals surface area contributed by atoms with Crippen LogP contribution in [0.4, 0.5) is 9.59 Å². The summed E-state index contributed by atoms with van der Waals surface area (Å²) in [6.45, 7) is 4.06. The fourth-order valence-electron chi connectivity index (χ4n) is 5.35. The number of aromatic amines is 1. The first-order chi connectivity index (χ1) is 18.0. The molecule has 2 fully saturated rings. The second-order valence-electron chi connectivity index (χ2n) is 9.41. The summed E-state index contributed by atoms with van der Waals surface area (Å²) in [6, 6.07) is 3.52. The topological polar surface area (TPSA) is 124 Å². The van der Waals surface area contributed by atoms with Crippen LogP contribution in [0.3, 0.4) is 0 Å². The molecule has 0 aliphatic carbocycles. The van der Waals surface area contributed by atoms with Crippen molar-refractivity contribution in [1.29, 1.82) is 0 Å². The van der Waals surface area contributed by atoms with Crippen LogP contribution in [0.5, 0.6) is 0 Å². The molecule has 6 rings (SSSR count). The summed E-state index contributed by atoms with van der Waals surface area (Å²) in [5, 5.41) is 10.4. The van der Waals surface area contributed by atoms with Crippen LogP contribution < -0.4 is 0 Å². The lowest BCUT2D eigenvalue weighted by molar-refractivity contribution is -0.00149. The summed E-state index contributed by atoms with van der Waals surface area (Å²) in [6.07, 6.45) is 2.99. The normalized spacial score (nSPS) is 20.2.